The van der Waals surface area contributed by atoms with Gasteiger partial charge in [0.25, 0.3) is 11.8 Å². The van der Waals surface area contributed by atoms with Crippen LogP contribution in [0.3, 0.4) is 0 Å². The van der Waals surface area contributed by atoms with E-state index in [0.29, 0.717) is 26.4 Å². The second-order valence-corrected chi connectivity index (χ2v) is 8.52. The van der Waals surface area contributed by atoms with Crippen molar-refractivity contribution in [2.24, 2.45) is 11.5 Å². The predicted octanol–water partition coefficient (Wildman–Crippen LogP) is -2.77. The average molecular weight is 599 g/mol. The highest BCUT2D eigenvalue weighted by Crippen LogP contribution is 2.11. The molecule has 0 aliphatic carbocycles. The molecule has 0 aliphatic rings. The fourth-order valence-corrected chi connectivity index (χ4v) is 3.19. The van der Waals surface area contributed by atoms with E-state index in [-0.39, 0.29) is 88.1 Å². The van der Waals surface area contributed by atoms with Crippen LogP contribution in [-0.4, -0.2) is 120 Å². The largest absolute Gasteiger partial charge is 0.378 e. The molecule has 42 heavy (non-hydrogen) atoms. The minimum atomic E-state index is -0.784. The van der Waals surface area contributed by atoms with E-state index >= 15 is 0 Å². The number of benzene rings is 1. The molecule has 0 atom stereocenters. The van der Waals surface area contributed by atoms with Crippen molar-refractivity contribution in [2.75, 3.05) is 85.8 Å². The molecular weight excluding hydrogens is 556 g/mol. The van der Waals surface area contributed by atoms with Gasteiger partial charge in [0.15, 0.2) is 0 Å². The lowest BCUT2D eigenvalue weighted by Crippen LogP contribution is -2.30. The molecule has 0 bridgehead atoms. The van der Waals surface area contributed by atoms with Gasteiger partial charge >= 0.3 is 0 Å². The first-order chi connectivity index (χ1) is 20.3. The van der Waals surface area contributed by atoms with Crippen LogP contribution in [0.25, 0.3) is 0 Å². The zero-order chi connectivity index (χ0) is 31.0. The predicted molar refractivity (Wildman–Crippen MR) is 149 cm³/mol. The molecule has 5 amide bonds. The van der Waals surface area contributed by atoms with Crippen LogP contribution in [0.2, 0.25) is 0 Å². The standard InChI is InChI=1S/C26H42N6O10/c27-3-7-39-11-12-41-9-5-30-25(37)20-15-19(24(28)36)16-21(17-20)26(38)31-6-10-42-14-13-40-8-4-29-22(34)1-2-23(35)32-18-33/h15-17,33H,1-14,18,27H2,(H2,28,36)(H,29,34)(H,30,37)(H,31,38)(H,32,35). The van der Waals surface area contributed by atoms with Crippen LogP contribution >= 0.6 is 0 Å². The summed E-state index contributed by atoms with van der Waals surface area (Å²) in [5.41, 5.74) is 10.9. The number of ether oxygens (including phenoxy) is 4. The molecule has 0 fully saturated rings. The molecule has 1 aromatic carbocycles. The summed E-state index contributed by atoms with van der Waals surface area (Å²) in [7, 11) is 0. The van der Waals surface area contributed by atoms with Gasteiger partial charge in [-0.15, -0.1) is 0 Å². The van der Waals surface area contributed by atoms with Crippen LogP contribution in [0.4, 0.5) is 0 Å². The van der Waals surface area contributed by atoms with Crippen LogP contribution in [0.5, 0.6) is 0 Å². The number of hydrogen-bond donors (Lipinski definition) is 7. The summed E-state index contributed by atoms with van der Waals surface area (Å²) in [4.78, 5) is 59.7. The van der Waals surface area contributed by atoms with E-state index in [1.165, 1.54) is 18.2 Å². The molecule has 0 aromatic heterocycles. The molecule has 1 aromatic rings. The number of aliphatic hydroxyl groups is 1. The number of rotatable bonds is 24. The number of nitrogens with one attached hydrogen (secondary N) is 4. The van der Waals surface area contributed by atoms with Gasteiger partial charge in [-0.05, 0) is 18.2 Å². The Morgan fingerprint density at radius 3 is 1.43 bits per heavy atom. The Balaban J connectivity index is 2.28. The van der Waals surface area contributed by atoms with Gasteiger partial charge < -0.3 is 56.8 Å². The molecule has 16 heteroatoms. The number of hydrogen-bond acceptors (Lipinski definition) is 11. The first-order valence-electron chi connectivity index (χ1n) is 13.4. The van der Waals surface area contributed by atoms with Crippen molar-refractivity contribution in [1.82, 2.24) is 21.3 Å². The highest BCUT2D eigenvalue weighted by molar-refractivity contribution is 6.04. The van der Waals surface area contributed by atoms with Gasteiger partial charge in [0.05, 0.1) is 52.9 Å². The Kier molecular flexibility index (Phi) is 19.9. The summed E-state index contributed by atoms with van der Waals surface area (Å²) in [5, 5.41) is 18.6. The summed E-state index contributed by atoms with van der Waals surface area (Å²) >= 11 is 0. The van der Waals surface area contributed by atoms with Crippen molar-refractivity contribution >= 4 is 29.5 Å². The lowest BCUT2D eigenvalue weighted by molar-refractivity contribution is -0.127. The van der Waals surface area contributed by atoms with Crippen LogP contribution in [-0.2, 0) is 28.5 Å². The molecule has 236 valence electrons. The topological polar surface area (TPSA) is 243 Å². The lowest BCUT2D eigenvalue weighted by Gasteiger charge is -2.11. The van der Waals surface area contributed by atoms with Crippen LogP contribution in [0, 0.1) is 0 Å². The Morgan fingerprint density at radius 1 is 0.595 bits per heavy atom. The van der Waals surface area contributed by atoms with Crippen LogP contribution in [0.15, 0.2) is 18.2 Å². The van der Waals surface area contributed by atoms with E-state index < -0.39 is 30.4 Å². The fourth-order valence-electron chi connectivity index (χ4n) is 3.19. The average Bonchev–Trinajstić information content (AvgIpc) is 2.98. The summed E-state index contributed by atoms with van der Waals surface area (Å²) in [6.45, 7) is 2.95. The molecule has 9 N–H and O–H groups in total. The monoisotopic (exact) mass is 598 g/mol. The Hall–Kier alpha value is -3.67. The van der Waals surface area contributed by atoms with Crippen LogP contribution < -0.4 is 32.7 Å². The molecule has 0 unspecified atom stereocenters. The second-order valence-electron chi connectivity index (χ2n) is 8.52. The molecule has 0 saturated heterocycles. The molecule has 0 aliphatic heterocycles. The van der Waals surface area contributed by atoms with Crippen molar-refractivity contribution in [1.29, 1.82) is 0 Å². The maximum Gasteiger partial charge on any atom is 0.251 e. The van der Waals surface area contributed by atoms with Gasteiger partial charge in [-0.1, -0.05) is 0 Å². The first-order valence-corrected chi connectivity index (χ1v) is 13.4. The Morgan fingerprint density at radius 2 is 1.00 bits per heavy atom. The second kappa shape index (κ2) is 23.0. The van der Waals surface area contributed by atoms with E-state index in [0.717, 1.165) is 0 Å². The number of primary amides is 1. The molecule has 1 rings (SSSR count). The van der Waals surface area contributed by atoms with Gasteiger partial charge in [0.1, 0.15) is 6.73 Å². The fraction of sp³-hybridized carbons (Fsp3) is 0.577. The van der Waals surface area contributed by atoms with E-state index in [1.807, 2.05) is 0 Å². The first kappa shape index (κ1) is 36.4. The third kappa shape index (κ3) is 17.2. The van der Waals surface area contributed by atoms with Gasteiger partial charge in [-0.3, -0.25) is 24.0 Å². The highest BCUT2D eigenvalue weighted by Gasteiger charge is 2.15. The van der Waals surface area contributed by atoms with Crippen molar-refractivity contribution in [3.63, 3.8) is 0 Å². The lowest BCUT2D eigenvalue weighted by atomic mass is 10.0. The van der Waals surface area contributed by atoms with Crippen LogP contribution in [0.1, 0.15) is 43.9 Å². The van der Waals surface area contributed by atoms with Gasteiger partial charge in [0.2, 0.25) is 17.7 Å². The number of carbonyl (C=O) groups is 5. The van der Waals surface area contributed by atoms with E-state index in [9.17, 15) is 24.0 Å². The van der Waals surface area contributed by atoms with E-state index in [2.05, 4.69) is 21.3 Å². The van der Waals surface area contributed by atoms with Crippen molar-refractivity contribution in [3.05, 3.63) is 34.9 Å². The minimum Gasteiger partial charge on any atom is -0.378 e. The summed E-state index contributed by atoms with van der Waals surface area (Å²) in [6, 6.07) is 3.97. The number of aliphatic hydroxyl groups excluding tert-OH is 1. The van der Waals surface area contributed by atoms with Gasteiger partial charge in [-0.2, -0.15) is 0 Å². The number of nitrogens with two attached hydrogens (primary N) is 2. The third-order valence-corrected chi connectivity index (χ3v) is 5.24. The van der Waals surface area contributed by atoms with E-state index in [1.54, 1.807) is 0 Å². The SMILES string of the molecule is NCCOCCOCCNC(=O)c1cc(C(N)=O)cc(C(=O)NCCOCCOCCNC(=O)CCC(=O)NCO)c1. The van der Waals surface area contributed by atoms with Crippen molar-refractivity contribution in [2.45, 2.75) is 12.8 Å². The molecule has 16 nitrogen and oxygen atoms in total. The Labute approximate surface area is 244 Å². The molecule has 0 radical (unpaired) electrons. The van der Waals surface area contributed by atoms with Crippen molar-refractivity contribution < 1.29 is 48.0 Å². The summed E-state index contributed by atoms with van der Waals surface area (Å²) in [5.74, 6) is -2.52. The quantitative estimate of drug-likeness (QED) is 0.0474. The maximum absolute atomic E-state index is 12.6. The van der Waals surface area contributed by atoms with Crippen molar-refractivity contribution in [3.8, 4) is 0 Å². The number of carbonyl (C=O) groups excluding carboxylic acids is 5. The van der Waals surface area contributed by atoms with Gasteiger partial charge in [0, 0.05) is 55.7 Å². The van der Waals surface area contributed by atoms with E-state index in [4.69, 9.17) is 35.5 Å². The Bertz CT molecular complexity index is 994. The molecule has 0 saturated carbocycles. The highest BCUT2D eigenvalue weighted by atomic mass is 16.5. The molecule has 0 spiro atoms. The smallest absolute Gasteiger partial charge is 0.251 e. The zero-order valence-electron chi connectivity index (χ0n) is 23.6. The number of amides is 5. The minimum absolute atomic E-state index is 0.00443. The van der Waals surface area contributed by atoms with Gasteiger partial charge in [-0.25, -0.2) is 0 Å². The maximum atomic E-state index is 12.6. The third-order valence-electron chi connectivity index (χ3n) is 5.24. The normalized spacial score (nSPS) is 10.6. The summed E-state index contributed by atoms with van der Waals surface area (Å²) < 4.78 is 21.3. The molecule has 0 heterocycles. The molecular formula is C26H42N6O10. The zero-order valence-corrected chi connectivity index (χ0v) is 23.6. The summed E-state index contributed by atoms with van der Waals surface area (Å²) in [6.07, 6.45) is -0.0153.